The van der Waals surface area contributed by atoms with Gasteiger partial charge in [-0.25, -0.2) is 4.79 Å². The molecule has 0 radical (unpaired) electrons. The molecule has 1 N–H and O–H groups in total. The molecule has 17 heavy (non-hydrogen) atoms. The van der Waals surface area contributed by atoms with Gasteiger partial charge in [0.05, 0.1) is 16.1 Å². The van der Waals surface area contributed by atoms with E-state index in [-0.39, 0.29) is 22.6 Å². The predicted molar refractivity (Wildman–Crippen MR) is 57.8 cm³/mol. The molecule has 86 valence electrons. The highest BCUT2D eigenvalue weighted by Crippen LogP contribution is 2.30. The summed E-state index contributed by atoms with van der Waals surface area (Å²) in [5.41, 5.74) is 0.0851. The average Bonchev–Trinajstić information content (AvgIpc) is 2.78. The molecule has 1 aromatic heterocycles. The SMILES string of the molecule is O=C(O)c1coc(-c2ccccc2[N+](=O)[O-])c1. The van der Waals surface area contributed by atoms with Gasteiger partial charge in [-0.3, -0.25) is 10.1 Å². The minimum absolute atomic E-state index is 0.0434. The summed E-state index contributed by atoms with van der Waals surface area (Å²) >= 11 is 0. The van der Waals surface area contributed by atoms with E-state index < -0.39 is 10.9 Å². The number of nitro benzene ring substituents is 1. The number of carbonyl (C=O) groups is 1. The van der Waals surface area contributed by atoms with E-state index in [2.05, 4.69) is 0 Å². The Hall–Kier alpha value is -2.63. The van der Waals surface area contributed by atoms with Gasteiger partial charge in [0.15, 0.2) is 0 Å². The molecule has 0 saturated carbocycles. The van der Waals surface area contributed by atoms with Crippen molar-refractivity contribution in [3.8, 4) is 11.3 Å². The number of carboxylic acids is 1. The second kappa shape index (κ2) is 4.09. The number of para-hydroxylation sites is 1. The van der Waals surface area contributed by atoms with Crippen molar-refractivity contribution in [3.05, 3.63) is 52.3 Å². The highest BCUT2D eigenvalue weighted by molar-refractivity contribution is 5.89. The van der Waals surface area contributed by atoms with Gasteiger partial charge in [-0.15, -0.1) is 0 Å². The molecular formula is C11H7NO5. The van der Waals surface area contributed by atoms with E-state index in [0.717, 1.165) is 6.26 Å². The molecule has 6 heteroatoms. The Morgan fingerprint density at radius 1 is 1.35 bits per heavy atom. The summed E-state index contributed by atoms with van der Waals surface area (Å²) in [6.07, 6.45) is 1.05. The van der Waals surface area contributed by atoms with Crippen molar-refractivity contribution in [2.45, 2.75) is 0 Å². The third-order valence-corrected chi connectivity index (χ3v) is 2.21. The second-order valence-electron chi connectivity index (χ2n) is 3.28. The number of hydrogen-bond donors (Lipinski definition) is 1. The van der Waals surface area contributed by atoms with Gasteiger partial charge in [0, 0.05) is 6.07 Å². The maximum atomic E-state index is 10.8. The van der Waals surface area contributed by atoms with Crippen molar-refractivity contribution in [2.24, 2.45) is 0 Å². The Labute approximate surface area is 95.3 Å². The molecule has 1 heterocycles. The fourth-order valence-electron chi connectivity index (χ4n) is 1.43. The van der Waals surface area contributed by atoms with Gasteiger partial charge in [-0.05, 0) is 12.1 Å². The van der Waals surface area contributed by atoms with Gasteiger partial charge in [0.1, 0.15) is 12.0 Å². The zero-order valence-corrected chi connectivity index (χ0v) is 8.49. The van der Waals surface area contributed by atoms with Gasteiger partial charge in [-0.2, -0.15) is 0 Å². The summed E-state index contributed by atoms with van der Waals surface area (Å²) in [6.45, 7) is 0. The summed E-state index contributed by atoms with van der Waals surface area (Å²) in [7, 11) is 0. The van der Waals surface area contributed by atoms with E-state index in [4.69, 9.17) is 9.52 Å². The van der Waals surface area contributed by atoms with Gasteiger partial charge in [0.25, 0.3) is 5.69 Å². The minimum Gasteiger partial charge on any atom is -0.478 e. The lowest BCUT2D eigenvalue weighted by molar-refractivity contribution is -0.384. The molecule has 0 aliphatic rings. The molecule has 0 aliphatic carbocycles. The number of furan rings is 1. The van der Waals surface area contributed by atoms with Crippen LogP contribution >= 0.6 is 0 Å². The van der Waals surface area contributed by atoms with E-state index >= 15 is 0 Å². The molecule has 0 fully saturated rings. The highest BCUT2D eigenvalue weighted by atomic mass is 16.6. The number of carboxylic acid groups (broad SMARTS) is 1. The van der Waals surface area contributed by atoms with E-state index in [9.17, 15) is 14.9 Å². The fourth-order valence-corrected chi connectivity index (χ4v) is 1.43. The Bertz CT molecular complexity index is 587. The molecule has 0 unspecified atom stereocenters. The zero-order valence-electron chi connectivity index (χ0n) is 8.49. The Balaban J connectivity index is 2.52. The number of rotatable bonds is 3. The number of nitro groups is 1. The first-order chi connectivity index (χ1) is 8.09. The van der Waals surface area contributed by atoms with Crippen LogP contribution in [0.2, 0.25) is 0 Å². The lowest BCUT2D eigenvalue weighted by Crippen LogP contribution is -1.92. The number of nitrogens with zero attached hydrogens (tertiary/aromatic N) is 1. The first-order valence-corrected chi connectivity index (χ1v) is 4.65. The normalized spacial score (nSPS) is 10.1. The Kier molecular flexibility index (Phi) is 2.61. The predicted octanol–water partition coefficient (Wildman–Crippen LogP) is 2.55. The van der Waals surface area contributed by atoms with Crippen molar-refractivity contribution in [1.82, 2.24) is 0 Å². The summed E-state index contributed by atoms with van der Waals surface area (Å²) in [6, 6.07) is 7.24. The Morgan fingerprint density at radius 2 is 2.06 bits per heavy atom. The zero-order chi connectivity index (χ0) is 12.4. The summed E-state index contributed by atoms with van der Waals surface area (Å²) in [5.74, 6) is -0.978. The average molecular weight is 233 g/mol. The van der Waals surface area contributed by atoms with E-state index in [1.807, 2.05) is 0 Å². The molecule has 0 bridgehead atoms. The maximum absolute atomic E-state index is 10.8. The molecule has 2 rings (SSSR count). The van der Waals surface area contributed by atoms with Crippen LogP contribution in [0, 0.1) is 10.1 Å². The van der Waals surface area contributed by atoms with Crippen molar-refractivity contribution >= 4 is 11.7 Å². The largest absolute Gasteiger partial charge is 0.478 e. The molecular weight excluding hydrogens is 226 g/mol. The number of benzene rings is 1. The van der Waals surface area contributed by atoms with Crippen LogP contribution in [0.3, 0.4) is 0 Å². The molecule has 1 aromatic carbocycles. The molecule has 2 aromatic rings. The van der Waals surface area contributed by atoms with Crippen molar-refractivity contribution in [1.29, 1.82) is 0 Å². The van der Waals surface area contributed by atoms with Crippen LogP contribution in [0.15, 0.2) is 41.0 Å². The van der Waals surface area contributed by atoms with Crippen molar-refractivity contribution < 1.29 is 19.2 Å². The summed E-state index contributed by atoms with van der Waals surface area (Å²) in [4.78, 5) is 20.9. The first-order valence-electron chi connectivity index (χ1n) is 4.65. The van der Waals surface area contributed by atoms with Crippen LogP contribution in [-0.2, 0) is 0 Å². The quantitative estimate of drug-likeness (QED) is 0.649. The molecule has 6 nitrogen and oxygen atoms in total. The lowest BCUT2D eigenvalue weighted by Gasteiger charge is -1.97. The van der Waals surface area contributed by atoms with Gasteiger partial charge in [-0.1, -0.05) is 12.1 Å². The van der Waals surface area contributed by atoms with Crippen LogP contribution in [0.25, 0.3) is 11.3 Å². The van der Waals surface area contributed by atoms with E-state index in [1.165, 1.54) is 24.3 Å². The van der Waals surface area contributed by atoms with Gasteiger partial charge >= 0.3 is 5.97 Å². The smallest absolute Gasteiger partial charge is 0.338 e. The fraction of sp³-hybridized carbons (Fsp3) is 0. The van der Waals surface area contributed by atoms with Gasteiger partial charge < -0.3 is 9.52 Å². The van der Waals surface area contributed by atoms with E-state index in [1.54, 1.807) is 6.07 Å². The monoisotopic (exact) mass is 233 g/mol. The first kappa shape index (κ1) is 10.9. The molecule has 0 aliphatic heterocycles. The van der Waals surface area contributed by atoms with Crippen LogP contribution < -0.4 is 0 Å². The highest BCUT2D eigenvalue weighted by Gasteiger charge is 2.18. The standard InChI is InChI=1S/C11H7NO5/c13-11(14)7-5-10(17-6-7)8-3-1-2-4-9(8)12(15)16/h1-6H,(H,13,14). The summed E-state index contributed by atoms with van der Waals surface area (Å²) < 4.78 is 5.02. The van der Waals surface area contributed by atoms with Crippen molar-refractivity contribution in [3.63, 3.8) is 0 Å². The summed E-state index contributed by atoms with van der Waals surface area (Å²) in [5, 5.41) is 19.5. The maximum Gasteiger partial charge on any atom is 0.338 e. The van der Waals surface area contributed by atoms with Gasteiger partial charge in [0.2, 0.25) is 0 Å². The molecule has 0 amide bonds. The number of aromatic carboxylic acids is 1. The molecule has 0 saturated heterocycles. The second-order valence-corrected chi connectivity index (χ2v) is 3.28. The van der Waals surface area contributed by atoms with Crippen LogP contribution in [0.1, 0.15) is 10.4 Å². The topological polar surface area (TPSA) is 93.6 Å². The minimum atomic E-state index is -1.14. The van der Waals surface area contributed by atoms with Crippen molar-refractivity contribution in [2.75, 3.05) is 0 Å². The van der Waals surface area contributed by atoms with Crippen LogP contribution in [0.5, 0.6) is 0 Å². The third-order valence-electron chi connectivity index (χ3n) is 2.21. The molecule has 0 atom stereocenters. The Morgan fingerprint density at radius 3 is 2.65 bits per heavy atom. The van der Waals surface area contributed by atoms with Crippen LogP contribution in [-0.4, -0.2) is 16.0 Å². The third kappa shape index (κ3) is 2.00. The van der Waals surface area contributed by atoms with Crippen LogP contribution in [0.4, 0.5) is 5.69 Å². The number of hydrogen-bond acceptors (Lipinski definition) is 4. The lowest BCUT2D eigenvalue weighted by atomic mass is 10.1. The van der Waals surface area contributed by atoms with E-state index in [0.29, 0.717) is 0 Å². The molecule has 0 spiro atoms.